The highest BCUT2D eigenvalue weighted by Gasteiger charge is 2.32. The van der Waals surface area contributed by atoms with E-state index >= 15 is 0 Å². The summed E-state index contributed by atoms with van der Waals surface area (Å²) in [6.07, 6.45) is 5.37. The monoisotopic (exact) mass is 417 g/mol. The van der Waals surface area contributed by atoms with Gasteiger partial charge < -0.3 is 25.0 Å². The van der Waals surface area contributed by atoms with Gasteiger partial charge >= 0.3 is 6.09 Å². The van der Waals surface area contributed by atoms with Gasteiger partial charge in [0, 0.05) is 37.9 Å². The van der Waals surface area contributed by atoms with Crippen molar-refractivity contribution in [2.45, 2.75) is 65.4 Å². The van der Waals surface area contributed by atoms with Crippen LogP contribution in [-0.4, -0.2) is 49.9 Å². The number of nitrogens with two attached hydrogens (primary N) is 1. The summed E-state index contributed by atoms with van der Waals surface area (Å²) in [5, 5.41) is 0. The summed E-state index contributed by atoms with van der Waals surface area (Å²) in [4.78, 5) is 16.7. The highest BCUT2D eigenvalue weighted by Crippen LogP contribution is 2.37. The lowest BCUT2D eigenvalue weighted by Crippen LogP contribution is -2.44. The Hall–Kier alpha value is -2.11. The molecule has 0 aromatic heterocycles. The molecule has 6 nitrogen and oxygen atoms in total. The van der Waals surface area contributed by atoms with E-state index in [-0.39, 0.29) is 6.09 Å². The molecule has 0 spiro atoms. The lowest BCUT2D eigenvalue weighted by atomic mass is 9.78. The maximum absolute atomic E-state index is 12.3. The standard InChI is InChI=1S/C24H39N3O3/c1-6-17-15-20(25)22(29-5)16-21(17)26-11-7-18(8-12-26)19-9-13-27(14-10-19)23(28)30-24(2,3)4/h15-16,18-19H,6-14,25H2,1-5H3. The summed E-state index contributed by atoms with van der Waals surface area (Å²) >= 11 is 0. The number of rotatable bonds is 4. The van der Waals surface area contributed by atoms with Crippen molar-refractivity contribution < 1.29 is 14.3 Å². The summed E-state index contributed by atoms with van der Waals surface area (Å²) in [6.45, 7) is 11.7. The molecule has 0 saturated carbocycles. The van der Waals surface area contributed by atoms with Gasteiger partial charge in [0.1, 0.15) is 11.4 Å². The van der Waals surface area contributed by atoms with Crippen molar-refractivity contribution in [1.82, 2.24) is 4.90 Å². The summed E-state index contributed by atoms with van der Waals surface area (Å²) in [7, 11) is 1.68. The van der Waals surface area contributed by atoms with Gasteiger partial charge in [-0.05, 0) is 76.3 Å². The molecule has 0 bridgehead atoms. The van der Waals surface area contributed by atoms with E-state index in [4.69, 9.17) is 15.2 Å². The minimum absolute atomic E-state index is 0.167. The average molecular weight is 418 g/mol. The molecule has 0 radical (unpaired) electrons. The molecular formula is C24H39N3O3. The molecule has 6 heteroatoms. The third kappa shape index (κ3) is 5.32. The largest absolute Gasteiger partial charge is 0.495 e. The maximum Gasteiger partial charge on any atom is 0.410 e. The van der Waals surface area contributed by atoms with Crippen LogP contribution in [0.4, 0.5) is 16.2 Å². The van der Waals surface area contributed by atoms with Crippen LogP contribution < -0.4 is 15.4 Å². The Labute approximate surface area is 181 Å². The predicted molar refractivity (Wildman–Crippen MR) is 122 cm³/mol. The summed E-state index contributed by atoms with van der Waals surface area (Å²) in [6, 6.07) is 4.17. The number of aryl methyl sites for hydroxylation is 1. The van der Waals surface area contributed by atoms with E-state index in [1.807, 2.05) is 25.7 Å². The van der Waals surface area contributed by atoms with Crippen LogP contribution in [0.1, 0.15) is 58.9 Å². The van der Waals surface area contributed by atoms with Crippen molar-refractivity contribution in [2.24, 2.45) is 11.8 Å². The van der Waals surface area contributed by atoms with E-state index in [1.54, 1.807) is 7.11 Å². The lowest BCUT2D eigenvalue weighted by molar-refractivity contribution is 0.0152. The molecule has 1 amide bonds. The molecule has 2 N–H and O–H groups in total. The van der Waals surface area contributed by atoms with E-state index in [0.29, 0.717) is 11.6 Å². The molecule has 2 fully saturated rings. The first-order valence-corrected chi connectivity index (χ1v) is 11.4. The number of nitrogens with zero attached hydrogens (tertiary/aromatic N) is 2. The second-order valence-corrected chi connectivity index (χ2v) is 9.71. The smallest absolute Gasteiger partial charge is 0.410 e. The predicted octanol–water partition coefficient (Wildman–Crippen LogP) is 4.70. The fourth-order valence-corrected chi connectivity index (χ4v) is 4.88. The molecule has 2 aliphatic rings. The first-order chi connectivity index (χ1) is 14.2. The average Bonchev–Trinajstić information content (AvgIpc) is 2.72. The number of likely N-dealkylation sites (tertiary alicyclic amines) is 1. The number of methoxy groups -OCH3 is 1. The quantitative estimate of drug-likeness (QED) is 0.719. The minimum Gasteiger partial charge on any atom is -0.495 e. The van der Waals surface area contributed by atoms with Crippen molar-refractivity contribution >= 4 is 17.5 Å². The van der Waals surface area contributed by atoms with E-state index < -0.39 is 5.60 Å². The number of anilines is 2. The van der Waals surface area contributed by atoms with Crippen LogP contribution in [0.3, 0.4) is 0 Å². The molecule has 2 saturated heterocycles. The molecular weight excluding hydrogens is 378 g/mol. The third-order valence-electron chi connectivity index (χ3n) is 6.55. The van der Waals surface area contributed by atoms with Gasteiger partial charge in [-0.25, -0.2) is 4.79 Å². The fourth-order valence-electron chi connectivity index (χ4n) is 4.88. The van der Waals surface area contributed by atoms with Crippen LogP contribution >= 0.6 is 0 Å². The molecule has 0 unspecified atom stereocenters. The number of carbonyl (C=O) groups is 1. The van der Waals surface area contributed by atoms with Gasteiger partial charge in [-0.2, -0.15) is 0 Å². The van der Waals surface area contributed by atoms with Crippen molar-refractivity contribution in [1.29, 1.82) is 0 Å². The highest BCUT2D eigenvalue weighted by atomic mass is 16.6. The van der Waals surface area contributed by atoms with Crippen molar-refractivity contribution in [3.63, 3.8) is 0 Å². The number of hydrogen-bond donors (Lipinski definition) is 1. The molecule has 3 rings (SSSR count). The second-order valence-electron chi connectivity index (χ2n) is 9.71. The zero-order valence-corrected chi connectivity index (χ0v) is 19.4. The van der Waals surface area contributed by atoms with Gasteiger partial charge in [-0.1, -0.05) is 6.92 Å². The molecule has 0 aliphatic carbocycles. The number of amides is 1. The van der Waals surface area contributed by atoms with Crippen LogP contribution in [0.15, 0.2) is 12.1 Å². The van der Waals surface area contributed by atoms with Gasteiger partial charge in [0.05, 0.1) is 12.8 Å². The molecule has 1 aromatic rings. The number of hydrogen-bond acceptors (Lipinski definition) is 5. The van der Waals surface area contributed by atoms with Gasteiger partial charge in [0.15, 0.2) is 0 Å². The third-order valence-corrected chi connectivity index (χ3v) is 6.55. The van der Waals surface area contributed by atoms with Crippen LogP contribution in [-0.2, 0) is 11.2 Å². The summed E-state index contributed by atoms with van der Waals surface area (Å²) < 4.78 is 11.0. The van der Waals surface area contributed by atoms with Gasteiger partial charge in [-0.3, -0.25) is 0 Å². The van der Waals surface area contributed by atoms with E-state index in [2.05, 4.69) is 24.0 Å². The van der Waals surface area contributed by atoms with Crippen molar-refractivity contribution in [2.75, 3.05) is 43.9 Å². The van der Waals surface area contributed by atoms with Crippen molar-refractivity contribution in [3.05, 3.63) is 17.7 Å². The van der Waals surface area contributed by atoms with E-state index in [1.165, 1.54) is 24.1 Å². The Morgan fingerprint density at radius 1 is 1.07 bits per heavy atom. The molecule has 168 valence electrons. The Kier molecular flexibility index (Phi) is 7.04. The first kappa shape index (κ1) is 22.6. The second kappa shape index (κ2) is 9.36. The Morgan fingerprint density at radius 3 is 2.13 bits per heavy atom. The van der Waals surface area contributed by atoms with Crippen LogP contribution in [0.25, 0.3) is 0 Å². The number of nitrogen functional groups attached to an aromatic ring is 1. The van der Waals surface area contributed by atoms with Crippen LogP contribution in [0.5, 0.6) is 5.75 Å². The molecule has 2 heterocycles. The summed E-state index contributed by atoms with van der Waals surface area (Å²) in [5.41, 5.74) is 8.95. The van der Waals surface area contributed by atoms with Gasteiger partial charge in [0.2, 0.25) is 0 Å². The summed E-state index contributed by atoms with van der Waals surface area (Å²) in [5.74, 6) is 2.21. The Morgan fingerprint density at radius 2 is 1.63 bits per heavy atom. The fraction of sp³-hybridized carbons (Fsp3) is 0.708. The number of benzene rings is 1. The van der Waals surface area contributed by atoms with E-state index in [0.717, 1.165) is 57.1 Å². The minimum atomic E-state index is -0.428. The maximum atomic E-state index is 12.3. The zero-order valence-electron chi connectivity index (χ0n) is 19.4. The zero-order chi connectivity index (χ0) is 21.9. The molecule has 1 aromatic carbocycles. The van der Waals surface area contributed by atoms with Crippen LogP contribution in [0.2, 0.25) is 0 Å². The highest BCUT2D eigenvalue weighted by molar-refractivity contribution is 5.68. The number of piperidine rings is 2. The first-order valence-electron chi connectivity index (χ1n) is 11.4. The lowest BCUT2D eigenvalue weighted by Gasteiger charge is -2.41. The normalized spacial score (nSPS) is 19.1. The number of carbonyl (C=O) groups excluding carboxylic acids is 1. The SMILES string of the molecule is CCc1cc(N)c(OC)cc1N1CCC(C2CCN(C(=O)OC(C)(C)C)CC2)CC1. The van der Waals surface area contributed by atoms with Crippen molar-refractivity contribution in [3.8, 4) is 5.75 Å². The molecule has 2 aliphatic heterocycles. The van der Waals surface area contributed by atoms with Gasteiger partial charge in [-0.15, -0.1) is 0 Å². The van der Waals surface area contributed by atoms with E-state index in [9.17, 15) is 4.79 Å². The van der Waals surface area contributed by atoms with Crippen LogP contribution in [0, 0.1) is 11.8 Å². The topological polar surface area (TPSA) is 68.0 Å². The number of ether oxygens (including phenoxy) is 2. The molecule has 0 atom stereocenters. The molecule has 30 heavy (non-hydrogen) atoms. The Bertz CT molecular complexity index is 728. The van der Waals surface area contributed by atoms with Gasteiger partial charge in [0.25, 0.3) is 0 Å². The Balaban J connectivity index is 1.54.